The number of imidazole rings is 1. The summed E-state index contributed by atoms with van der Waals surface area (Å²) in [5.41, 5.74) is 16.9. The number of halogens is 7. The van der Waals surface area contributed by atoms with Crippen molar-refractivity contribution >= 4 is 121 Å². The number of hydrogen-bond donors (Lipinski definition) is 5. The third kappa shape index (κ3) is 20.0. The summed E-state index contributed by atoms with van der Waals surface area (Å²) < 4.78 is 78.0. The predicted molar refractivity (Wildman–Crippen MR) is 499 cm³/mol. The summed E-state index contributed by atoms with van der Waals surface area (Å²) in [7, 11) is 3.97. The Bertz CT molecular complexity index is 7260. The first-order chi connectivity index (χ1) is 63.9. The van der Waals surface area contributed by atoms with Gasteiger partial charge in [-0.15, -0.1) is 0 Å². The van der Waals surface area contributed by atoms with Crippen LogP contribution < -0.4 is 26.6 Å². The van der Waals surface area contributed by atoms with Gasteiger partial charge in [-0.3, -0.25) is 24.0 Å². The maximum absolute atomic E-state index is 13.7. The van der Waals surface area contributed by atoms with Crippen LogP contribution in [-0.4, -0.2) is 102 Å². The second-order valence-corrected chi connectivity index (χ2v) is 30.6. The molecule has 0 aliphatic heterocycles. The number of anilines is 5. The smallest absolute Gasteiger partial charge is 0.262 e. The molecular formula is C100H73Cl2F5N20O5. The monoisotopic (exact) mass is 1800 g/mol. The lowest BCUT2D eigenvalue weighted by molar-refractivity contribution is 0.101. The summed E-state index contributed by atoms with van der Waals surface area (Å²) in [6.45, 7) is 5.99. The fourth-order valence-electron chi connectivity index (χ4n) is 14.4. The Morgan fingerprint density at radius 3 is 1.02 bits per heavy atom. The lowest BCUT2D eigenvalue weighted by atomic mass is 10.0. The molecule has 0 aliphatic carbocycles. The summed E-state index contributed by atoms with van der Waals surface area (Å²) in [5, 5.41) is 24.3. The number of amides is 5. The molecular weight excluding hydrogens is 1730 g/mol. The molecule has 652 valence electrons. The van der Waals surface area contributed by atoms with Crippen molar-refractivity contribution in [1.29, 1.82) is 0 Å². The Morgan fingerprint density at radius 2 is 0.644 bits per heavy atom. The van der Waals surface area contributed by atoms with Gasteiger partial charge in [0.2, 0.25) is 0 Å². The van der Waals surface area contributed by atoms with Crippen LogP contribution in [0.15, 0.2) is 323 Å². The van der Waals surface area contributed by atoms with Crippen LogP contribution in [0.25, 0.3) is 94.6 Å². The van der Waals surface area contributed by atoms with Gasteiger partial charge < -0.3 is 40.1 Å². The molecule has 20 aromatic rings. The Kier molecular flexibility index (Phi) is 26.4. The van der Waals surface area contributed by atoms with E-state index in [1.54, 1.807) is 149 Å². The van der Waals surface area contributed by atoms with Crippen molar-refractivity contribution in [3.05, 3.63) is 407 Å². The lowest BCUT2D eigenvalue weighted by Crippen LogP contribution is -2.16. The van der Waals surface area contributed by atoms with Crippen LogP contribution in [0.2, 0.25) is 10.0 Å². The molecule has 13 heterocycles. The minimum Gasteiger partial charge on any atom is -0.344 e. The van der Waals surface area contributed by atoms with E-state index in [4.69, 9.17) is 23.2 Å². The van der Waals surface area contributed by atoms with E-state index in [1.165, 1.54) is 36.9 Å². The van der Waals surface area contributed by atoms with Gasteiger partial charge >= 0.3 is 0 Å². The highest BCUT2D eigenvalue weighted by atomic mass is 35.5. The summed E-state index contributed by atoms with van der Waals surface area (Å²) in [6.07, 6.45) is 20.8. The highest BCUT2D eigenvalue weighted by Gasteiger charge is 2.23. The molecule has 0 saturated carbocycles. The average Bonchev–Trinajstić information content (AvgIpc) is 1.62. The molecule has 25 nitrogen and oxygen atoms in total. The molecule has 32 heteroatoms. The number of hydrogen-bond acceptors (Lipinski definition) is 15. The molecule has 5 N–H and O–H groups in total. The topological polar surface area (TPSA) is 297 Å². The van der Waals surface area contributed by atoms with E-state index >= 15 is 0 Å². The minimum atomic E-state index is -0.930. The van der Waals surface area contributed by atoms with Crippen LogP contribution in [0.3, 0.4) is 0 Å². The fourth-order valence-corrected chi connectivity index (χ4v) is 14.8. The molecule has 7 aromatic carbocycles. The number of carbonyl (C=O) groups is 5. The number of aromatic nitrogens is 15. The maximum atomic E-state index is 13.7. The first kappa shape index (κ1) is 88.3. The highest BCUT2D eigenvalue weighted by molar-refractivity contribution is 6.35. The number of benzene rings is 7. The number of aryl methyl sites for hydroxylation is 5. The highest BCUT2D eigenvalue weighted by Crippen LogP contribution is 2.33. The molecule has 0 fully saturated rings. The van der Waals surface area contributed by atoms with E-state index in [9.17, 15) is 45.9 Å². The van der Waals surface area contributed by atoms with Crippen molar-refractivity contribution in [3.63, 3.8) is 0 Å². The summed E-state index contributed by atoms with van der Waals surface area (Å²) in [5.74, 6) is -5.43. The quantitative estimate of drug-likeness (QED) is 0.0596. The zero-order valence-electron chi connectivity index (χ0n) is 70.5. The molecule has 0 atom stereocenters. The third-order valence-corrected chi connectivity index (χ3v) is 21.8. The van der Waals surface area contributed by atoms with Crippen LogP contribution >= 0.6 is 23.2 Å². The second-order valence-electron chi connectivity index (χ2n) is 29.8. The zero-order valence-corrected chi connectivity index (χ0v) is 72.0. The van der Waals surface area contributed by atoms with Crippen LogP contribution in [0.1, 0.15) is 68.5 Å². The van der Waals surface area contributed by atoms with E-state index in [2.05, 4.69) is 110 Å². The largest absolute Gasteiger partial charge is 0.344 e. The molecule has 0 radical (unpaired) electrons. The van der Waals surface area contributed by atoms with Crippen LogP contribution in [-0.2, 0) is 14.1 Å². The number of carbonyl (C=O) groups excluding carboxylic acids is 5. The summed E-state index contributed by atoms with van der Waals surface area (Å²) in [6, 6.07) is 70.1. The van der Waals surface area contributed by atoms with Gasteiger partial charge in [-0.05, 0) is 201 Å². The SMILES string of the molecule is Cc1cc2nccn2cc1-c1ccc(NC(=O)c2ccccc2Cl)nc1.Cc1cc2ncnn2cc1-c1ccc(NC(=O)c2c(F)cccc2F)nc1.Cc1cc2ncnn2cc1-c1ccc(NC(=O)c2ccccc2Cl)nc1.Cn1c(-c2ccc(NC(=O)c3c(F)cccc3F)nc2)cc2ccccc21.Cn1c(-c2ccc(NC(=O)c3ccccc3F)nc2)cc2ccccc21. The molecule has 132 heavy (non-hydrogen) atoms. The number of rotatable bonds is 15. The van der Waals surface area contributed by atoms with E-state index in [1.807, 2.05) is 137 Å². The number of nitrogens with one attached hydrogen (secondary N) is 5. The molecule has 0 spiro atoms. The van der Waals surface area contributed by atoms with Gasteiger partial charge in [-0.25, -0.2) is 70.9 Å². The van der Waals surface area contributed by atoms with Crippen LogP contribution in [0.5, 0.6) is 0 Å². The maximum Gasteiger partial charge on any atom is 0.262 e. The van der Waals surface area contributed by atoms with Gasteiger partial charge in [0.05, 0.1) is 38.1 Å². The molecule has 0 bridgehead atoms. The zero-order chi connectivity index (χ0) is 92.2. The lowest BCUT2D eigenvalue weighted by Gasteiger charge is -2.09. The number of fused-ring (bicyclic) bond motifs is 5. The molecule has 13 aromatic heterocycles. The predicted octanol–water partition coefficient (Wildman–Crippen LogP) is 21.6. The molecule has 5 amide bonds. The van der Waals surface area contributed by atoms with Crippen molar-refractivity contribution in [2.24, 2.45) is 14.1 Å². The van der Waals surface area contributed by atoms with Gasteiger partial charge in [0.15, 0.2) is 11.3 Å². The van der Waals surface area contributed by atoms with Crippen molar-refractivity contribution in [1.82, 2.24) is 72.6 Å². The van der Waals surface area contributed by atoms with E-state index in [-0.39, 0.29) is 29.0 Å². The summed E-state index contributed by atoms with van der Waals surface area (Å²) >= 11 is 12.1. The van der Waals surface area contributed by atoms with Crippen LogP contribution in [0, 0.1) is 49.9 Å². The Hall–Kier alpha value is -17.1. The minimum absolute atomic E-state index is 0.00735. The molecule has 0 aliphatic rings. The number of para-hydroxylation sites is 2. The van der Waals surface area contributed by atoms with Crippen LogP contribution in [0.4, 0.5) is 51.0 Å². The molecule has 0 unspecified atom stereocenters. The second kappa shape index (κ2) is 39.4. The van der Waals surface area contributed by atoms with Gasteiger partial charge in [0, 0.05) is 142 Å². The standard InChI is InChI=1S/C21H15F2N3O.C21H16FN3O.C20H15ClN4O.C19H14ClN5O.C19H13F2N5O/c1-26-17-8-3-2-5-13(17)11-18(26)14-9-10-19(24-12-14)25-21(27)20-15(22)6-4-7-16(20)23;1-25-18-9-5-2-6-14(18)12-19(25)15-10-11-20(23-13-15)24-21(26)16-7-3-4-8-17(16)22;1-13-10-19-22-8-9-25(19)12-16(13)14-6-7-18(23-11-14)24-20(26)15-4-2-3-5-17(15)21;1-12-8-18-22-11-23-25(18)10-15(12)13-6-7-17(21-9-13)24-19(26)14-4-2-3-5-16(14)20;1-11-7-17-23-10-24-26(17)9-13(11)12-5-6-16(22-8-12)25-19(27)18-14(20)3-2-4-15(18)21/h2-12H,1H3,(H,24,25,27);2-13H,1H3,(H,23,24,26);2-12H,1H3,(H,23,24,26);2-11H,1H3,(H,21,24,26);2-10H,1H3,(H,22,25,27). The van der Waals surface area contributed by atoms with Crippen molar-refractivity contribution in [3.8, 4) is 55.9 Å². The van der Waals surface area contributed by atoms with Gasteiger partial charge in [-0.2, -0.15) is 10.2 Å². The Balaban J connectivity index is 0.000000120. The molecule has 20 rings (SSSR count). The number of pyridine rings is 8. The van der Waals surface area contributed by atoms with Gasteiger partial charge in [0.1, 0.15) is 87.6 Å². The molecule has 0 saturated heterocycles. The van der Waals surface area contributed by atoms with Gasteiger partial charge in [-0.1, -0.05) is 108 Å². The Labute approximate surface area is 759 Å². The van der Waals surface area contributed by atoms with Crippen molar-refractivity contribution < 1.29 is 45.9 Å². The van der Waals surface area contributed by atoms with E-state index in [0.29, 0.717) is 38.6 Å². The first-order valence-electron chi connectivity index (χ1n) is 40.6. The van der Waals surface area contributed by atoms with E-state index < -0.39 is 57.9 Å². The number of nitrogens with zero attached hydrogens (tertiary/aromatic N) is 15. The van der Waals surface area contributed by atoms with Crippen molar-refractivity contribution in [2.75, 3.05) is 26.6 Å². The van der Waals surface area contributed by atoms with Gasteiger partial charge in [0.25, 0.3) is 29.5 Å². The van der Waals surface area contributed by atoms with Crippen molar-refractivity contribution in [2.45, 2.75) is 20.8 Å². The fraction of sp³-hybridized carbons (Fsp3) is 0.0500. The third-order valence-electron chi connectivity index (χ3n) is 21.2. The average molecular weight is 1800 g/mol. The Morgan fingerprint density at radius 1 is 0.318 bits per heavy atom. The van der Waals surface area contributed by atoms with E-state index in [0.717, 1.165) is 136 Å². The summed E-state index contributed by atoms with van der Waals surface area (Å²) in [4.78, 5) is 95.0. The normalized spacial score (nSPS) is 10.9. The first-order valence-corrected chi connectivity index (χ1v) is 41.3.